The van der Waals surface area contributed by atoms with Gasteiger partial charge in [0.1, 0.15) is 23.8 Å². The van der Waals surface area contributed by atoms with Crippen molar-refractivity contribution in [3.05, 3.63) is 60.1 Å². The first-order valence-corrected chi connectivity index (χ1v) is 21.3. The summed E-state index contributed by atoms with van der Waals surface area (Å²) >= 11 is 0. The number of anilines is 4. The van der Waals surface area contributed by atoms with Crippen LogP contribution in [-0.4, -0.2) is 136 Å². The van der Waals surface area contributed by atoms with Crippen molar-refractivity contribution in [1.29, 1.82) is 0 Å². The van der Waals surface area contributed by atoms with Crippen molar-refractivity contribution in [2.75, 3.05) is 86.4 Å². The molecule has 344 valence electrons. The Kier molecular flexibility index (Phi) is 13.3. The lowest BCUT2D eigenvalue weighted by Crippen LogP contribution is -2.52. The molecule has 17 nitrogen and oxygen atoms in total. The van der Waals surface area contributed by atoms with Crippen molar-refractivity contribution >= 4 is 40.7 Å². The molecule has 6 heterocycles. The molecule has 23 heteroatoms. The number of carbonyl (C=O) groups excluding carboxylic acids is 3. The van der Waals surface area contributed by atoms with Crippen LogP contribution in [0.1, 0.15) is 73.6 Å². The Hall–Kier alpha value is -5.97. The molecule has 4 fully saturated rings. The van der Waals surface area contributed by atoms with Gasteiger partial charge in [0.25, 0.3) is 12.3 Å². The van der Waals surface area contributed by atoms with Crippen LogP contribution in [0.3, 0.4) is 0 Å². The highest BCUT2D eigenvalue weighted by Crippen LogP contribution is 2.39. The average molecular weight is 902 g/mol. The van der Waals surface area contributed by atoms with E-state index < -0.39 is 48.5 Å². The van der Waals surface area contributed by atoms with E-state index in [2.05, 4.69) is 50.9 Å². The highest BCUT2D eigenvalue weighted by atomic mass is 19.4. The van der Waals surface area contributed by atoms with Crippen LogP contribution < -0.4 is 30.5 Å². The highest BCUT2D eigenvalue weighted by molar-refractivity contribution is 6.06. The molecule has 0 atom stereocenters. The van der Waals surface area contributed by atoms with Crippen molar-refractivity contribution < 1.29 is 45.5 Å². The maximum atomic E-state index is 15.5. The Balaban J connectivity index is 0.786. The van der Waals surface area contributed by atoms with Crippen molar-refractivity contribution in [3.63, 3.8) is 0 Å². The van der Waals surface area contributed by atoms with Gasteiger partial charge in [-0.25, -0.2) is 22.9 Å². The normalized spacial score (nSPS) is 20.8. The van der Waals surface area contributed by atoms with Crippen LogP contribution in [0.4, 0.5) is 54.0 Å². The molecular weight excluding hydrogens is 853 g/mol. The van der Waals surface area contributed by atoms with Crippen LogP contribution in [0.5, 0.6) is 5.75 Å². The summed E-state index contributed by atoms with van der Waals surface area (Å²) in [5.74, 6) is -1.14. The van der Waals surface area contributed by atoms with Gasteiger partial charge in [-0.1, -0.05) is 0 Å². The number of alkyl halides is 5. The fraction of sp³-hybridized carbons (Fsp3) is 0.537. The number of methoxy groups -OCH3 is 1. The molecular formula is C41H49F6N13O4. The van der Waals surface area contributed by atoms with Gasteiger partial charge < -0.3 is 25.2 Å². The maximum Gasteiger partial charge on any atom is 0.405 e. The number of nitrogens with zero attached hydrogens (tertiary/aromatic N) is 10. The predicted octanol–water partition coefficient (Wildman–Crippen LogP) is 5.63. The van der Waals surface area contributed by atoms with Gasteiger partial charge >= 0.3 is 12.2 Å². The summed E-state index contributed by atoms with van der Waals surface area (Å²) < 4.78 is 88.7. The number of hydrogen-bond donors (Lipinski definition) is 3. The minimum atomic E-state index is -4.46. The quantitative estimate of drug-likeness (QED) is 0.142. The summed E-state index contributed by atoms with van der Waals surface area (Å²) in [5, 5.41) is 19.1. The minimum absolute atomic E-state index is 0.0213. The van der Waals surface area contributed by atoms with Crippen molar-refractivity contribution in [2.24, 2.45) is 5.92 Å². The molecule has 1 aromatic carbocycles. The zero-order valence-corrected chi connectivity index (χ0v) is 35.0. The zero-order chi connectivity index (χ0) is 45.1. The van der Waals surface area contributed by atoms with Crippen molar-refractivity contribution in [3.8, 4) is 11.4 Å². The number of ether oxygens (including phenoxy) is 1. The van der Waals surface area contributed by atoms with Crippen LogP contribution in [0, 0.1) is 11.7 Å². The zero-order valence-electron chi connectivity index (χ0n) is 35.0. The number of pyridine rings is 1. The number of carbonyl (C=O) groups is 3. The minimum Gasteiger partial charge on any atom is -0.494 e. The third-order valence-corrected chi connectivity index (χ3v) is 12.4. The summed E-state index contributed by atoms with van der Waals surface area (Å²) in [6.07, 6.45) is 1.57. The molecule has 1 aliphatic carbocycles. The van der Waals surface area contributed by atoms with Crippen molar-refractivity contribution in [2.45, 2.75) is 69.6 Å². The van der Waals surface area contributed by atoms with Gasteiger partial charge in [-0.15, -0.1) is 5.10 Å². The molecule has 3 aromatic heterocycles. The second-order valence-corrected chi connectivity index (χ2v) is 16.5. The molecule has 8 rings (SSSR count). The van der Waals surface area contributed by atoms with Crippen LogP contribution in [0.15, 0.2) is 42.9 Å². The van der Waals surface area contributed by atoms with E-state index in [-0.39, 0.29) is 53.3 Å². The first-order valence-electron chi connectivity index (χ1n) is 21.3. The number of nitrogens with one attached hydrogen (secondary N) is 3. The van der Waals surface area contributed by atoms with Gasteiger partial charge in [0.2, 0.25) is 5.91 Å². The number of rotatable bonds is 13. The number of amides is 4. The molecule has 0 unspecified atom stereocenters. The molecule has 0 bridgehead atoms. The number of imide groups is 1. The summed E-state index contributed by atoms with van der Waals surface area (Å²) in [7, 11) is 1.43. The van der Waals surface area contributed by atoms with E-state index in [1.807, 2.05) is 0 Å². The van der Waals surface area contributed by atoms with Crippen LogP contribution >= 0.6 is 0 Å². The molecule has 0 radical (unpaired) electrons. The van der Waals surface area contributed by atoms with Gasteiger partial charge in [0, 0.05) is 95.0 Å². The third kappa shape index (κ3) is 10.4. The lowest BCUT2D eigenvalue weighted by Gasteiger charge is -2.43. The summed E-state index contributed by atoms with van der Waals surface area (Å²) in [5.41, 5.74) is 0.0236. The first kappa shape index (κ1) is 44.6. The number of piperidine rings is 1. The molecule has 4 aromatic rings. The second kappa shape index (κ2) is 19.0. The van der Waals surface area contributed by atoms with E-state index in [9.17, 15) is 36.3 Å². The van der Waals surface area contributed by atoms with Crippen LogP contribution in [0.2, 0.25) is 0 Å². The number of piperazine rings is 1. The van der Waals surface area contributed by atoms with E-state index in [0.29, 0.717) is 17.6 Å². The number of hydrogen-bond acceptors (Lipinski definition) is 12. The molecule has 4 aliphatic rings. The lowest BCUT2D eigenvalue weighted by molar-refractivity contribution is -0.120. The Morgan fingerprint density at radius 3 is 2.36 bits per heavy atom. The van der Waals surface area contributed by atoms with Gasteiger partial charge in [-0.2, -0.15) is 28.2 Å². The van der Waals surface area contributed by atoms with E-state index in [0.717, 1.165) is 95.3 Å². The molecule has 3 N–H and O–H groups in total. The number of benzene rings is 1. The molecule has 64 heavy (non-hydrogen) atoms. The smallest absolute Gasteiger partial charge is 0.405 e. The Labute approximate surface area is 364 Å². The topological polar surface area (TPSA) is 171 Å². The van der Waals surface area contributed by atoms with Gasteiger partial charge in [-0.05, 0) is 56.6 Å². The van der Waals surface area contributed by atoms with E-state index in [1.165, 1.54) is 47.3 Å². The summed E-state index contributed by atoms with van der Waals surface area (Å²) in [4.78, 5) is 50.4. The van der Waals surface area contributed by atoms with Crippen LogP contribution in [-0.2, 0) is 4.79 Å². The fourth-order valence-corrected chi connectivity index (χ4v) is 9.03. The van der Waals surface area contributed by atoms with E-state index >= 15 is 4.39 Å². The van der Waals surface area contributed by atoms with Crippen LogP contribution in [0.25, 0.3) is 5.69 Å². The number of urea groups is 1. The standard InChI is InChI=1S/C41H49F6N13O4/c1-64-33-19-29(18-30(42)37(33)58-13-9-35(61)52-40(58)63)56-11-7-25(8-12-56)22-55-14-16-57(17-15-55)26-2-4-27(5-3-26)59-23-32(36(54-59)38(43)44)51-39(62)31-21-50-60(53-31)28-6-10-48-34(20-28)49-24-41(45,46)47/h6,10,18-21,23,25-27,38H,2-5,7-9,11-17,22,24H2,1H3,(H,48,49)(H,51,62)(H,52,61,63). The Bertz CT molecular complexity index is 2300. The largest absolute Gasteiger partial charge is 0.494 e. The summed E-state index contributed by atoms with van der Waals surface area (Å²) in [6.45, 7) is 5.01. The fourth-order valence-electron chi connectivity index (χ4n) is 9.03. The molecule has 3 aliphatic heterocycles. The Morgan fingerprint density at radius 2 is 1.67 bits per heavy atom. The van der Waals surface area contributed by atoms with E-state index in [1.54, 1.807) is 6.07 Å². The maximum absolute atomic E-state index is 15.5. The molecule has 3 saturated heterocycles. The van der Waals surface area contributed by atoms with Crippen molar-refractivity contribution in [1.82, 2.24) is 44.9 Å². The second-order valence-electron chi connectivity index (χ2n) is 16.5. The Morgan fingerprint density at radius 1 is 0.938 bits per heavy atom. The number of halogens is 6. The van der Waals surface area contributed by atoms with E-state index in [4.69, 9.17) is 4.74 Å². The number of aromatic nitrogens is 6. The summed E-state index contributed by atoms with van der Waals surface area (Å²) in [6, 6.07) is 5.44. The lowest BCUT2D eigenvalue weighted by atomic mass is 9.89. The molecule has 0 spiro atoms. The molecule has 1 saturated carbocycles. The molecule has 4 amide bonds. The third-order valence-electron chi connectivity index (χ3n) is 12.4. The SMILES string of the molecule is COc1cc(N2CCC(CN3CCN(C4CCC(n5cc(NC(=O)c6cnn(-c7ccnc(NCC(F)(F)F)c7)n6)c(C(F)F)n5)CC4)CC3)CC2)cc(F)c1N1CCC(=O)NC1=O. The van der Waals surface area contributed by atoms with Gasteiger partial charge in [-0.3, -0.25) is 29.4 Å². The first-order chi connectivity index (χ1) is 30.7. The predicted molar refractivity (Wildman–Crippen MR) is 222 cm³/mol. The highest BCUT2D eigenvalue weighted by Gasteiger charge is 2.34. The van der Waals surface area contributed by atoms with Gasteiger partial charge in [0.15, 0.2) is 17.2 Å². The monoisotopic (exact) mass is 901 g/mol. The van der Waals surface area contributed by atoms with Gasteiger partial charge in [0.05, 0.1) is 30.7 Å². The average Bonchev–Trinajstić information content (AvgIpc) is 3.95.